The van der Waals surface area contributed by atoms with E-state index in [1.54, 1.807) is 11.9 Å². The highest BCUT2D eigenvalue weighted by Crippen LogP contribution is 2.28. The van der Waals surface area contributed by atoms with Crippen molar-refractivity contribution < 1.29 is 9.53 Å². The van der Waals surface area contributed by atoms with Gasteiger partial charge in [0, 0.05) is 19.6 Å². The molecule has 0 bridgehead atoms. The van der Waals surface area contributed by atoms with Crippen LogP contribution in [0.2, 0.25) is 0 Å². The minimum absolute atomic E-state index is 0.0439. The summed E-state index contributed by atoms with van der Waals surface area (Å²) in [6, 6.07) is 9.74. The van der Waals surface area contributed by atoms with Gasteiger partial charge in [0.2, 0.25) is 0 Å². The molecule has 1 atom stereocenters. The van der Waals surface area contributed by atoms with Gasteiger partial charge in [-0.2, -0.15) is 0 Å². The van der Waals surface area contributed by atoms with Crippen LogP contribution in [-0.4, -0.2) is 30.6 Å². The highest BCUT2D eigenvalue weighted by Gasteiger charge is 2.20. The van der Waals surface area contributed by atoms with Crippen LogP contribution in [0.5, 0.6) is 0 Å². The Morgan fingerprint density at radius 1 is 1.33 bits per heavy atom. The van der Waals surface area contributed by atoms with E-state index in [-0.39, 0.29) is 12.1 Å². The predicted octanol–water partition coefficient (Wildman–Crippen LogP) is 3.16. The molecule has 0 spiro atoms. The molecule has 21 heavy (non-hydrogen) atoms. The molecule has 0 aliphatic heterocycles. The molecule has 1 aromatic carbocycles. The summed E-state index contributed by atoms with van der Waals surface area (Å²) in [5.41, 5.74) is 7.14. The van der Waals surface area contributed by atoms with Gasteiger partial charge in [-0.25, -0.2) is 4.79 Å². The van der Waals surface area contributed by atoms with Gasteiger partial charge in [0.05, 0.1) is 0 Å². The molecule has 116 valence electrons. The summed E-state index contributed by atoms with van der Waals surface area (Å²) in [5.74, 6) is 0.744. The molecule has 2 N–H and O–H groups in total. The van der Waals surface area contributed by atoms with Crippen molar-refractivity contribution in [1.29, 1.82) is 0 Å². The summed E-state index contributed by atoms with van der Waals surface area (Å²) in [4.78, 5) is 13.5. The number of rotatable bonds is 6. The Labute approximate surface area is 127 Å². The summed E-state index contributed by atoms with van der Waals surface area (Å²) < 4.78 is 5.29. The first kappa shape index (κ1) is 15.8. The van der Waals surface area contributed by atoms with E-state index < -0.39 is 0 Å². The van der Waals surface area contributed by atoms with Gasteiger partial charge < -0.3 is 15.4 Å². The fraction of sp³-hybridized carbons (Fsp3) is 0.588. The van der Waals surface area contributed by atoms with E-state index in [1.807, 2.05) is 30.3 Å². The summed E-state index contributed by atoms with van der Waals surface area (Å²) in [7, 11) is 1.75. The average Bonchev–Trinajstić information content (AvgIpc) is 2.98. The standard InChI is InChI=1S/C17H26N2O2/c1-19(12-16(18)11-14-7-5-6-8-14)17(20)21-13-15-9-3-2-4-10-15/h2-4,9-10,14,16H,5-8,11-13,18H2,1H3. The van der Waals surface area contributed by atoms with E-state index in [2.05, 4.69) is 0 Å². The first-order valence-corrected chi connectivity index (χ1v) is 7.82. The molecule has 1 saturated carbocycles. The number of ether oxygens (including phenoxy) is 1. The van der Waals surface area contributed by atoms with E-state index in [1.165, 1.54) is 25.7 Å². The molecule has 0 radical (unpaired) electrons. The van der Waals surface area contributed by atoms with Gasteiger partial charge in [-0.05, 0) is 17.9 Å². The topological polar surface area (TPSA) is 55.6 Å². The van der Waals surface area contributed by atoms with Gasteiger partial charge >= 0.3 is 6.09 Å². The molecule has 4 nitrogen and oxygen atoms in total. The highest BCUT2D eigenvalue weighted by molar-refractivity contribution is 5.67. The number of carbonyl (C=O) groups is 1. The molecule has 1 aliphatic rings. The molecule has 0 aromatic heterocycles. The van der Waals surface area contributed by atoms with Crippen LogP contribution >= 0.6 is 0 Å². The molecule has 1 amide bonds. The van der Waals surface area contributed by atoms with Gasteiger partial charge in [-0.1, -0.05) is 56.0 Å². The van der Waals surface area contributed by atoms with Crippen LogP contribution in [0.3, 0.4) is 0 Å². The summed E-state index contributed by atoms with van der Waals surface area (Å²) in [5, 5.41) is 0. The van der Waals surface area contributed by atoms with E-state index in [0.717, 1.165) is 17.9 Å². The van der Waals surface area contributed by atoms with Crippen molar-refractivity contribution in [3.05, 3.63) is 35.9 Å². The molecule has 1 unspecified atom stereocenters. The van der Waals surface area contributed by atoms with Crippen molar-refractivity contribution >= 4 is 6.09 Å². The molecule has 4 heteroatoms. The molecule has 2 rings (SSSR count). The first-order chi connectivity index (χ1) is 10.1. The maximum absolute atomic E-state index is 11.9. The number of benzene rings is 1. The van der Waals surface area contributed by atoms with Crippen LogP contribution in [0.15, 0.2) is 30.3 Å². The van der Waals surface area contributed by atoms with Crippen molar-refractivity contribution in [2.24, 2.45) is 11.7 Å². The normalized spacial score (nSPS) is 16.7. The number of amides is 1. The van der Waals surface area contributed by atoms with Crippen LogP contribution in [0, 0.1) is 5.92 Å². The molecule has 0 saturated heterocycles. The second-order valence-electron chi connectivity index (χ2n) is 6.07. The van der Waals surface area contributed by atoms with Crippen LogP contribution in [-0.2, 0) is 11.3 Å². The Balaban J connectivity index is 1.69. The number of hydrogen-bond acceptors (Lipinski definition) is 3. The van der Waals surface area contributed by atoms with Crippen molar-refractivity contribution in [3.8, 4) is 0 Å². The number of nitrogens with zero attached hydrogens (tertiary/aromatic N) is 1. The fourth-order valence-corrected chi connectivity index (χ4v) is 3.00. The lowest BCUT2D eigenvalue weighted by atomic mass is 9.99. The van der Waals surface area contributed by atoms with E-state index in [9.17, 15) is 4.79 Å². The van der Waals surface area contributed by atoms with Gasteiger partial charge in [0.25, 0.3) is 0 Å². The highest BCUT2D eigenvalue weighted by atomic mass is 16.6. The quantitative estimate of drug-likeness (QED) is 0.875. The number of likely N-dealkylation sites (N-methyl/N-ethyl adjacent to an activating group) is 1. The first-order valence-electron chi connectivity index (χ1n) is 7.82. The third-order valence-electron chi connectivity index (χ3n) is 4.14. The second kappa shape index (κ2) is 8.03. The fourth-order valence-electron chi connectivity index (χ4n) is 3.00. The van der Waals surface area contributed by atoms with E-state index >= 15 is 0 Å². The number of carbonyl (C=O) groups excluding carboxylic acids is 1. The van der Waals surface area contributed by atoms with Crippen LogP contribution in [0.1, 0.15) is 37.7 Å². The van der Waals surface area contributed by atoms with Gasteiger partial charge in [-0.15, -0.1) is 0 Å². The maximum atomic E-state index is 11.9. The lowest BCUT2D eigenvalue weighted by Crippen LogP contribution is -2.39. The minimum Gasteiger partial charge on any atom is -0.445 e. The summed E-state index contributed by atoms with van der Waals surface area (Å²) in [6.45, 7) is 0.867. The minimum atomic E-state index is -0.305. The van der Waals surface area contributed by atoms with E-state index in [4.69, 9.17) is 10.5 Å². The number of hydrogen-bond donors (Lipinski definition) is 1. The Morgan fingerprint density at radius 2 is 2.00 bits per heavy atom. The molecular weight excluding hydrogens is 264 g/mol. The van der Waals surface area contributed by atoms with Gasteiger partial charge in [0.15, 0.2) is 0 Å². The maximum Gasteiger partial charge on any atom is 0.409 e. The molecule has 1 aromatic rings. The zero-order chi connectivity index (χ0) is 15.1. The zero-order valence-corrected chi connectivity index (χ0v) is 12.8. The smallest absolute Gasteiger partial charge is 0.409 e. The third kappa shape index (κ3) is 5.38. The van der Waals surface area contributed by atoms with Crippen molar-refractivity contribution in [2.75, 3.05) is 13.6 Å². The third-order valence-corrected chi connectivity index (χ3v) is 4.14. The monoisotopic (exact) mass is 290 g/mol. The average molecular weight is 290 g/mol. The lowest BCUT2D eigenvalue weighted by Gasteiger charge is -2.23. The zero-order valence-electron chi connectivity index (χ0n) is 12.8. The largest absolute Gasteiger partial charge is 0.445 e. The second-order valence-corrected chi connectivity index (χ2v) is 6.07. The Bertz CT molecular complexity index is 430. The predicted molar refractivity (Wildman–Crippen MR) is 83.8 cm³/mol. The Morgan fingerprint density at radius 3 is 2.67 bits per heavy atom. The molecule has 1 aliphatic carbocycles. The van der Waals surface area contributed by atoms with Crippen molar-refractivity contribution in [3.63, 3.8) is 0 Å². The van der Waals surface area contributed by atoms with Crippen molar-refractivity contribution in [2.45, 2.75) is 44.8 Å². The van der Waals surface area contributed by atoms with Crippen LogP contribution in [0.4, 0.5) is 4.79 Å². The Hall–Kier alpha value is -1.55. The van der Waals surface area contributed by atoms with Gasteiger partial charge in [0.1, 0.15) is 6.61 Å². The van der Waals surface area contributed by atoms with E-state index in [0.29, 0.717) is 13.2 Å². The molecule has 0 heterocycles. The SMILES string of the molecule is CN(CC(N)CC1CCCC1)C(=O)OCc1ccccc1. The van der Waals surface area contributed by atoms with Crippen molar-refractivity contribution in [1.82, 2.24) is 4.90 Å². The Kier molecular flexibility index (Phi) is 6.05. The lowest BCUT2D eigenvalue weighted by molar-refractivity contribution is 0.102. The summed E-state index contributed by atoms with van der Waals surface area (Å²) in [6.07, 6.45) is 5.93. The van der Waals surface area contributed by atoms with Gasteiger partial charge in [-0.3, -0.25) is 0 Å². The molecule has 1 fully saturated rings. The summed E-state index contributed by atoms with van der Waals surface area (Å²) >= 11 is 0. The molecular formula is C17H26N2O2. The van der Waals surface area contributed by atoms with Crippen LogP contribution in [0.25, 0.3) is 0 Å². The number of nitrogens with two attached hydrogens (primary N) is 1. The van der Waals surface area contributed by atoms with Crippen LogP contribution < -0.4 is 5.73 Å².